The lowest BCUT2D eigenvalue weighted by Gasteiger charge is -2.14. The van der Waals surface area contributed by atoms with E-state index in [9.17, 15) is 24.0 Å². The highest BCUT2D eigenvalue weighted by Gasteiger charge is 2.37. The fraction of sp³-hybridized carbons (Fsp3) is 0.207. The summed E-state index contributed by atoms with van der Waals surface area (Å²) in [6, 6.07) is 16.1. The maximum atomic E-state index is 13.1. The number of esters is 1. The van der Waals surface area contributed by atoms with Crippen molar-refractivity contribution in [3.63, 3.8) is 0 Å². The summed E-state index contributed by atoms with van der Waals surface area (Å²) in [5, 5.41) is 2.62. The zero-order valence-corrected chi connectivity index (χ0v) is 20.8. The molecule has 3 amide bonds. The van der Waals surface area contributed by atoms with Gasteiger partial charge in [-0.3, -0.25) is 19.2 Å². The number of fused-ring (bicyclic) bond motifs is 1. The molecule has 4 rings (SSSR count). The van der Waals surface area contributed by atoms with Crippen LogP contribution in [-0.2, 0) is 22.4 Å². The third kappa shape index (κ3) is 5.18. The largest absolute Gasteiger partial charge is 0.454 e. The summed E-state index contributed by atoms with van der Waals surface area (Å²) >= 11 is 0. The van der Waals surface area contributed by atoms with Crippen molar-refractivity contribution in [1.82, 2.24) is 0 Å². The van der Waals surface area contributed by atoms with Crippen molar-refractivity contribution in [3.05, 3.63) is 94.0 Å². The fourth-order valence-corrected chi connectivity index (χ4v) is 4.20. The Bertz CT molecular complexity index is 1420. The molecule has 37 heavy (non-hydrogen) atoms. The zero-order valence-electron chi connectivity index (χ0n) is 20.8. The maximum absolute atomic E-state index is 13.1. The molecular formula is C29H26N2O6. The minimum atomic E-state index is -0.765. The Balaban J connectivity index is 1.49. The van der Waals surface area contributed by atoms with Gasteiger partial charge in [0.25, 0.3) is 11.8 Å². The van der Waals surface area contributed by atoms with Gasteiger partial charge in [0.2, 0.25) is 11.7 Å². The third-order valence-electron chi connectivity index (χ3n) is 6.17. The summed E-state index contributed by atoms with van der Waals surface area (Å²) in [5.74, 6) is -2.41. The quantitative estimate of drug-likeness (QED) is 0.276. The highest BCUT2D eigenvalue weighted by molar-refractivity contribution is 6.34. The van der Waals surface area contributed by atoms with Gasteiger partial charge in [0.05, 0.1) is 22.4 Å². The van der Waals surface area contributed by atoms with Gasteiger partial charge >= 0.3 is 5.97 Å². The van der Waals surface area contributed by atoms with Gasteiger partial charge in [-0.25, -0.2) is 9.69 Å². The van der Waals surface area contributed by atoms with Crippen LogP contribution in [0.15, 0.2) is 60.7 Å². The number of aryl methyl sites for hydroxylation is 2. The summed E-state index contributed by atoms with van der Waals surface area (Å²) < 4.78 is 5.26. The Morgan fingerprint density at radius 2 is 1.54 bits per heavy atom. The molecule has 3 aromatic rings. The number of anilines is 2. The molecule has 0 unspecified atom stereocenters. The Labute approximate surface area is 214 Å². The lowest BCUT2D eigenvalue weighted by Crippen LogP contribution is -2.29. The van der Waals surface area contributed by atoms with Crippen LogP contribution in [0.1, 0.15) is 73.3 Å². The van der Waals surface area contributed by atoms with Gasteiger partial charge in [-0.15, -0.1) is 0 Å². The van der Waals surface area contributed by atoms with E-state index in [0.717, 1.165) is 22.4 Å². The predicted molar refractivity (Wildman–Crippen MR) is 138 cm³/mol. The van der Waals surface area contributed by atoms with Crippen LogP contribution in [-0.4, -0.2) is 36.1 Å². The van der Waals surface area contributed by atoms with Gasteiger partial charge in [0.15, 0.2) is 6.61 Å². The molecule has 0 atom stereocenters. The normalized spacial score (nSPS) is 12.4. The van der Waals surface area contributed by atoms with E-state index in [1.165, 1.54) is 25.1 Å². The molecule has 0 bridgehead atoms. The Morgan fingerprint density at radius 1 is 0.838 bits per heavy atom. The molecule has 0 aliphatic carbocycles. The van der Waals surface area contributed by atoms with Crippen molar-refractivity contribution in [2.45, 2.75) is 33.6 Å². The first-order chi connectivity index (χ1) is 17.7. The number of rotatable bonds is 8. The number of amides is 3. The summed E-state index contributed by atoms with van der Waals surface area (Å²) in [5.41, 5.74) is 3.58. The second-order valence-electron chi connectivity index (χ2n) is 8.63. The minimum Gasteiger partial charge on any atom is -0.454 e. The summed E-state index contributed by atoms with van der Waals surface area (Å²) in [7, 11) is 0. The molecule has 8 heteroatoms. The van der Waals surface area contributed by atoms with E-state index in [4.69, 9.17) is 4.74 Å². The molecular weight excluding hydrogens is 472 g/mol. The molecule has 1 aliphatic rings. The molecule has 0 aromatic heterocycles. The van der Waals surface area contributed by atoms with Crippen molar-refractivity contribution in [3.8, 4) is 0 Å². The Kier molecular flexibility index (Phi) is 7.29. The van der Waals surface area contributed by atoms with Crippen molar-refractivity contribution in [2.24, 2.45) is 0 Å². The second kappa shape index (κ2) is 10.6. The van der Waals surface area contributed by atoms with Gasteiger partial charge in [-0.2, -0.15) is 0 Å². The number of Topliss-reactive ketones (excluding diaryl/α,β-unsaturated/α-hetero) is 1. The average Bonchev–Trinajstić information content (AvgIpc) is 3.15. The van der Waals surface area contributed by atoms with Crippen molar-refractivity contribution < 1.29 is 28.7 Å². The molecule has 0 spiro atoms. The van der Waals surface area contributed by atoms with Crippen LogP contribution in [0.2, 0.25) is 0 Å². The molecule has 188 valence electrons. The van der Waals surface area contributed by atoms with Crippen LogP contribution in [0.5, 0.6) is 0 Å². The molecule has 8 nitrogen and oxygen atoms in total. The number of carbonyl (C=O) groups is 5. The number of nitrogens with one attached hydrogen (secondary N) is 1. The van der Waals surface area contributed by atoms with Crippen molar-refractivity contribution in [2.75, 3.05) is 16.8 Å². The Morgan fingerprint density at radius 3 is 2.19 bits per heavy atom. The van der Waals surface area contributed by atoms with Gasteiger partial charge in [-0.1, -0.05) is 26.0 Å². The van der Waals surface area contributed by atoms with Gasteiger partial charge < -0.3 is 10.1 Å². The molecule has 1 N–H and O–H groups in total. The van der Waals surface area contributed by atoms with E-state index in [2.05, 4.69) is 5.32 Å². The number of carbonyl (C=O) groups excluding carboxylic acids is 5. The SMILES string of the molecule is CCc1ccc(CC)c(C(=O)COC(=O)c2ccc3c(c2)C(=O)N(c2ccc(NC(C)=O)cc2)C3=O)c1. The van der Waals surface area contributed by atoms with Crippen LogP contribution < -0.4 is 10.2 Å². The summed E-state index contributed by atoms with van der Waals surface area (Å²) in [6.45, 7) is 4.89. The molecule has 3 aromatic carbocycles. The van der Waals surface area contributed by atoms with E-state index in [-0.39, 0.29) is 28.4 Å². The molecule has 1 heterocycles. The minimum absolute atomic E-state index is 0.0635. The highest BCUT2D eigenvalue weighted by Crippen LogP contribution is 2.30. The number of imide groups is 1. The fourth-order valence-electron chi connectivity index (χ4n) is 4.20. The van der Waals surface area contributed by atoms with E-state index in [0.29, 0.717) is 23.4 Å². The average molecular weight is 499 g/mol. The number of hydrogen-bond acceptors (Lipinski definition) is 6. The monoisotopic (exact) mass is 498 g/mol. The topological polar surface area (TPSA) is 110 Å². The van der Waals surface area contributed by atoms with E-state index in [1.54, 1.807) is 24.3 Å². The number of hydrogen-bond donors (Lipinski definition) is 1. The zero-order chi connectivity index (χ0) is 26.7. The van der Waals surface area contributed by atoms with Gasteiger partial charge in [-0.05, 0) is 72.5 Å². The number of benzene rings is 3. The number of ketones is 1. The van der Waals surface area contributed by atoms with Gasteiger partial charge in [0.1, 0.15) is 0 Å². The third-order valence-corrected chi connectivity index (χ3v) is 6.17. The van der Waals surface area contributed by atoms with E-state index in [1.807, 2.05) is 32.0 Å². The van der Waals surface area contributed by atoms with Crippen LogP contribution in [0.3, 0.4) is 0 Å². The molecule has 0 fully saturated rings. The summed E-state index contributed by atoms with van der Waals surface area (Å²) in [6.07, 6.45) is 1.45. The lowest BCUT2D eigenvalue weighted by atomic mass is 9.98. The Hall–Kier alpha value is -4.59. The van der Waals surface area contributed by atoms with Gasteiger partial charge in [0, 0.05) is 18.2 Å². The van der Waals surface area contributed by atoms with Crippen LogP contribution in [0, 0.1) is 0 Å². The molecule has 0 saturated carbocycles. The standard InChI is InChI=1S/C29H26N2O6/c1-4-18-6-7-19(5-2)24(14-18)26(33)16-37-29(36)20-8-13-23-25(15-20)28(35)31(27(23)34)22-11-9-21(10-12-22)30-17(3)32/h6-15H,4-5,16H2,1-3H3,(H,30,32). The smallest absolute Gasteiger partial charge is 0.338 e. The van der Waals surface area contributed by atoms with Crippen molar-refractivity contribution in [1.29, 1.82) is 0 Å². The first-order valence-corrected chi connectivity index (χ1v) is 12.0. The van der Waals surface area contributed by atoms with E-state index >= 15 is 0 Å². The second-order valence-corrected chi connectivity index (χ2v) is 8.63. The maximum Gasteiger partial charge on any atom is 0.338 e. The number of nitrogens with zero attached hydrogens (tertiary/aromatic N) is 1. The predicted octanol–water partition coefficient (Wildman–Crippen LogP) is 4.61. The molecule has 0 saturated heterocycles. The summed E-state index contributed by atoms with van der Waals surface area (Å²) in [4.78, 5) is 63.7. The highest BCUT2D eigenvalue weighted by atomic mass is 16.5. The first kappa shape index (κ1) is 25.5. The van der Waals surface area contributed by atoms with Crippen LogP contribution in [0.25, 0.3) is 0 Å². The van der Waals surface area contributed by atoms with Crippen LogP contribution >= 0.6 is 0 Å². The van der Waals surface area contributed by atoms with E-state index < -0.39 is 24.4 Å². The molecule has 0 radical (unpaired) electrons. The number of ether oxygens (including phenoxy) is 1. The lowest BCUT2D eigenvalue weighted by molar-refractivity contribution is -0.114. The molecule has 1 aliphatic heterocycles. The van der Waals surface area contributed by atoms with Crippen molar-refractivity contribution >= 4 is 40.8 Å². The first-order valence-electron chi connectivity index (χ1n) is 12.0. The van der Waals surface area contributed by atoms with Crippen LogP contribution in [0.4, 0.5) is 11.4 Å².